The Hall–Kier alpha value is 0.177. The Morgan fingerprint density at radius 3 is 2.07 bits per heavy atom. The molecule has 0 aromatic carbocycles. The molecule has 0 saturated heterocycles. The molecule has 0 fully saturated rings. The maximum absolute atomic E-state index is 2.43. The SMILES string of the molecule is CCCC[SiH](CCCN(C)C)C(C)C. The first kappa shape index (κ1) is 14.2. The van der Waals surface area contributed by atoms with Gasteiger partial charge in [0.15, 0.2) is 0 Å². The Kier molecular flexibility index (Phi) is 8.59. The molecule has 1 unspecified atom stereocenters. The van der Waals surface area contributed by atoms with Crippen LogP contribution in [0, 0.1) is 0 Å². The summed E-state index contributed by atoms with van der Waals surface area (Å²) in [6.45, 7) is 8.46. The zero-order valence-corrected chi connectivity index (χ0v) is 12.0. The van der Waals surface area contributed by atoms with Gasteiger partial charge in [-0.05, 0) is 27.1 Å². The molecule has 0 aliphatic rings. The smallest absolute Gasteiger partial charge is 0.0394 e. The summed E-state index contributed by atoms with van der Waals surface area (Å²) in [7, 11) is 3.95. The molecule has 0 saturated carbocycles. The second-order valence-electron chi connectivity index (χ2n) is 5.09. The molecular formula is C12H29NSi. The second kappa shape index (κ2) is 8.48. The van der Waals surface area contributed by atoms with E-state index >= 15 is 0 Å². The summed E-state index contributed by atoms with van der Waals surface area (Å²) in [6.07, 6.45) is 4.27. The number of nitrogens with zero attached hydrogens (tertiary/aromatic N) is 1. The summed E-state index contributed by atoms with van der Waals surface area (Å²) in [6, 6.07) is 3.12. The van der Waals surface area contributed by atoms with Gasteiger partial charge in [0.25, 0.3) is 0 Å². The minimum absolute atomic E-state index is 0.410. The van der Waals surface area contributed by atoms with Gasteiger partial charge in [-0.1, -0.05) is 51.2 Å². The van der Waals surface area contributed by atoms with E-state index in [0.29, 0.717) is 0 Å². The van der Waals surface area contributed by atoms with Crippen molar-refractivity contribution in [2.45, 2.75) is 57.7 Å². The van der Waals surface area contributed by atoms with Gasteiger partial charge in [-0.25, -0.2) is 0 Å². The van der Waals surface area contributed by atoms with Crippen molar-refractivity contribution in [2.75, 3.05) is 20.6 Å². The Balaban J connectivity index is 3.62. The first-order valence-electron chi connectivity index (χ1n) is 6.22. The maximum Gasteiger partial charge on any atom is 0.0394 e. The normalized spacial score (nSPS) is 13.9. The highest BCUT2D eigenvalue weighted by Crippen LogP contribution is 2.19. The van der Waals surface area contributed by atoms with E-state index in [1.54, 1.807) is 12.1 Å². The third-order valence-electron chi connectivity index (χ3n) is 3.05. The third-order valence-corrected chi connectivity index (χ3v) is 7.24. The Bertz CT molecular complexity index is 123. The lowest BCUT2D eigenvalue weighted by atomic mass is 10.4. The molecule has 86 valence electrons. The maximum atomic E-state index is 2.43. The van der Waals surface area contributed by atoms with E-state index in [2.05, 4.69) is 39.8 Å². The topological polar surface area (TPSA) is 3.24 Å². The minimum Gasteiger partial charge on any atom is -0.309 e. The molecule has 14 heavy (non-hydrogen) atoms. The molecule has 0 spiro atoms. The summed E-state index contributed by atoms with van der Waals surface area (Å²) in [5, 5.41) is 0. The van der Waals surface area contributed by atoms with E-state index in [1.165, 1.54) is 25.8 Å². The van der Waals surface area contributed by atoms with Gasteiger partial charge in [0.05, 0.1) is 0 Å². The van der Waals surface area contributed by atoms with Gasteiger partial charge in [0.1, 0.15) is 0 Å². The molecule has 0 radical (unpaired) electrons. The van der Waals surface area contributed by atoms with E-state index in [1.807, 2.05) is 0 Å². The van der Waals surface area contributed by atoms with Gasteiger partial charge in [-0.2, -0.15) is 0 Å². The van der Waals surface area contributed by atoms with Crippen LogP contribution in [0.4, 0.5) is 0 Å². The number of unbranched alkanes of at least 4 members (excludes halogenated alkanes) is 1. The third kappa shape index (κ3) is 7.57. The van der Waals surface area contributed by atoms with Gasteiger partial charge in [0, 0.05) is 8.80 Å². The van der Waals surface area contributed by atoms with Crippen LogP contribution in [-0.4, -0.2) is 34.3 Å². The molecule has 0 rings (SSSR count). The fourth-order valence-electron chi connectivity index (χ4n) is 1.95. The van der Waals surface area contributed by atoms with Gasteiger partial charge in [0.2, 0.25) is 0 Å². The molecule has 1 nitrogen and oxygen atoms in total. The summed E-state index contributed by atoms with van der Waals surface area (Å²) in [4.78, 5) is 2.31. The van der Waals surface area contributed by atoms with Crippen molar-refractivity contribution < 1.29 is 0 Å². The van der Waals surface area contributed by atoms with Gasteiger partial charge in [-0.3, -0.25) is 0 Å². The molecule has 2 heteroatoms. The predicted octanol–water partition coefficient (Wildman–Crippen LogP) is 3.38. The van der Waals surface area contributed by atoms with E-state index in [-0.39, 0.29) is 0 Å². The Labute approximate surface area is 92.5 Å². The number of rotatable bonds is 8. The molecule has 0 aromatic heterocycles. The van der Waals surface area contributed by atoms with Crippen LogP contribution >= 0.6 is 0 Å². The van der Waals surface area contributed by atoms with Gasteiger partial charge in [-0.15, -0.1) is 0 Å². The molecular weight excluding hydrogens is 186 g/mol. The minimum atomic E-state index is -0.410. The first-order valence-corrected chi connectivity index (χ1v) is 8.52. The van der Waals surface area contributed by atoms with Crippen molar-refractivity contribution >= 4 is 8.80 Å². The first-order chi connectivity index (χ1) is 6.57. The highest BCUT2D eigenvalue weighted by atomic mass is 28.3. The van der Waals surface area contributed by atoms with Crippen LogP contribution < -0.4 is 0 Å². The molecule has 0 bridgehead atoms. The lowest BCUT2D eigenvalue weighted by molar-refractivity contribution is 0.407. The summed E-state index contributed by atoms with van der Waals surface area (Å²) >= 11 is 0. The molecule has 0 heterocycles. The van der Waals surface area contributed by atoms with E-state index in [0.717, 1.165) is 5.54 Å². The largest absolute Gasteiger partial charge is 0.309 e. The van der Waals surface area contributed by atoms with Crippen molar-refractivity contribution in [3.05, 3.63) is 0 Å². The van der Waals surface area contributed by atoms with Crippen LogP contribution in [0.3, 0.4) is 0 Å². The molecule has 0 N–H and O–H groups in total. The van der Waals surface area contributed by atoms with E-state index in [9.17, 15) is 0 Å². The summed E-state index contributed by atoms with van der Waals surface area (Å²) < 4.78 is 0. The zero-order valence-electron chi connectivity index (χ0n) is 10.8. The highest BCUT2D eigenvalue weighted by Gasteiger charge is 2.13. The average molecular weight is 215 g/mol. The van der Waals surface area contributed by atoms with Crippen molar-refractivity contribution in [2.24, 2.45) is 0 Å². The Morgan fingerprint density at radius 1 is 1.07 bits per heavy atom. The lowest BCUT2D eigenvalue weighted by Crippen LogP contribution is -2.20. The van der Waals surface area contributed by atoms with E-state index < -0.39 is 8.80 Å². The Morgan fingerprint density at radius 2 is 1.64 bits per heavy atom. The van der Waals surface area contributed by atoms with Crippen molar-refractivity contribution in [1.82, 2.24) is 4.90 Å². The van der Waals surface area contributed by atoms with Crippen LogP contribution in [0.1, 0.15) is 40.0 Å². The monoisotopic (exact) mass is 215 g/mol. The van der Waals surface area contributed by atoms with Crippen LogP contribution in [0.25, 0.3) is 0 Å². The molecule has 0 aliphatic heterocycles. The molecule has 1 atom stereocenters. The summed E-state index contributed by atoms with van der Waals surface area (Å²) in [5.74, 6) is 0. The standard InChI is InChI=1S/C12H29NSi/c1-6-7-10-14(12(2)3)11-8-9-13(4)5/h12,14H,6-11H2,1-5H3. The van der Waals surface area contributed by atoms with Crippen molar-refractivity contribution in [3.8, 4) is 0 Å². The molecule has 0 amide bonds. The van der Waals surface area contributed by atoms with Crippen molar-refractivity contribution in [3.63, 3.8) is 0 Å². The second-order valence-corrected chi connectivity index (χ2v) is 9.10. The molecule has 0 aromatic rings. The zero-order chi connectivity index (χ0) is 11.0. The van der Waals surface area contributed by atoms with E-state index in [4.69, 9.17) is 0 Å². The van der Waals surface area contributed by atoms with Gasteiger partial charge < -0.3 is 4.90 Å². The lowest BCUT2D eigenvalue weighted by Gasteiger charge is -2.20. The fraction of sp³-hybridized carbons (Fsp3) is 1.00. The fourth-order valence-corrected chi connectivity index (χ4v) is 5.21. The van der Waals surface area contributed by atoms with Crippen LogP contribution in [0.5, 0.6) is 0 Å². The number of hydrogen-bond acceptors (Lipinski definition) is 1. The average Bonchev–Trinajstić information content (AvgIpc) is 2.09. The highest BCUT2D eigenvalue weighted by molar-refractivity contribution is 6.60. The van der Waals surface area contributed by atoms with Crippen molar-refractivity contribution in [1.29, 1.82) is 0 Å². The van der Waals surface area contributed by atoms with Gasteiger partial charge >= 0.3 is 0 Å². The van der Waals surface area contributed by atoms with Crippen LogP contribution in [0.15, 0.2) is 0 Å². The molecule has 0 aliphatic carbocycles. The predicted molar refractivity (Wildman–Crippen MR) is 69.9 cm³/mol. The van der Waals surface area contributed by atoms with Crippen LogP contribution in [-0.2, 0) is 0 Å². The van der Waals surface area contributed by atoms with Crippen LogP contribution in [0.2, 0.25) is 17.6 Å². The quantitative estimate of drug-likeness (QED) is 0.561. The number of hydrogen-bond donors (Lipinski definition) is 0. The summed E-state index contributed by atoms with van der Waals surface area (Å²) in [5.41, 5.74) is 1.00.